The van der Waals surface area contributed by atoms with Crippen LogP contribution in [0.5, 0.6) is 0 Å². The highest BCUT2D eigenvalue weighted by atomic mass is 16.5. The second-order valence-electron chi connectivity index (χ2n) is 4.99. The monoisotopic (exact) mass is 270 g/mol. The van der Waals surface area contributed by atoms with Gasteiger partial charge in [-0.2, -0.15) is 0 Å². The van der Waals surface area contributed by atoms with Crippen molar-refractivity contribution in [2.75, 3.05) is 46.4 Å². The highest BCUT2D eigenvalue weighted by molar-refractivity contribution is 5.81. The van der Waals surface area contributed by atoms with Gasteiger partial charge in [0.25, 0.3) is 5.91 Å². The van der Waals surface area contributed by atoms with E-state index in [0.29, 0.717) is 19.6 Å². The molecule has 0 N–H and O–H groups in total. The van der Waals surface area contributed by atoms with E-state index in [9.17, 15) is 9.59 Å². The molecular formula is C13H22N2O4. The number of carbonyl (C=O) groups is 2. The van der Waals surface area contributed by atoms with Crippen molar-refractivity contribution in [1.82, 2.24) is 9.80 Å². The zero-order valence-corrected chi connectivity index (χ0v) is 11.5. The summed E-state index contributed by atoms with van der Waals surface area (Å²) in [5, 5.41) is 0. The minimum absolute atomic E-state index is 0.130. The van der Waals surface area contributed by atoms with Crippen molar-refractivity contribution in [1.29, 1.82) is 0 Å². The molecule has 108 valence electrons. The predicted molar refractivity (Wildman–Crippen MR) is 68.6 cm³/mol. The van der Waals surface area contributed by atoms with Crippen molar-refractivity contribution in [2.45, 2.75) is 25.4 Å². The second-order valence-corrected chi connectivity index (χ2v) is 4.99. The fourth-order valence-corrected chi connectivity index (χ4v) is 2.52. The third-order valence-corrected chi connectivity index (χ3v) is 3.75. The van der Waals surface area contributed by atoms with Crippen LogP contribution in [-0.4, -0.2) is 74.2 Å². The summed E-state index contributed by atoms with van der Waals surface area (Å²) in [5.74, 6) is -0.0528. The molecule has 19 heavy (non-hydrogen) atoms. The maximum Gasteiger partial charge on any atom is 0.306 e. The van der Waals surface area contributed by atoms with Crippen molar-refractivity contribution in [3.63, 3.8) is 0 Å². The van der Waals surface area contributed by atoms with Crippen molar-refractivity contribution >= 4 is 11.9 Å². The van der Waals surface area contributed by atoms with Crippen LogP contribution in [0.15, 0.2) is 0 Å². The minimum Gasteiger partial charge on any atom is -0.469 e. The Kier molecular flexibility index (Phi) is 5.15. The molecule has 0 bridgehead atoms. The van der Waals surface area contributed by atoms with E-state index >= 15 is 0 Å². The molecule has 2 aliphatic heterocycles. The number of amides is 1. The van der Waals surface area contributed by atoms with Crippen LogP contribution in [0.3, 0.4) is 0 Å². The molecule has 0 aromatic heterocycles. The zero-order valence-electron chi connectivity index (χ0n) is 11.5. The normalized spacial score (nSPS) is 24.5. The zero-order chi connectivity index (χ0) is 13.7. The number of ether oxygens (including phenoxy) is 2. The van der Waals surface area contributed by atoms with Gasteiger partial charge < -0.3 is 14.4 Å². The molecule has 0 aromatic carbocycles. The Balaban J connectivity index is 1.69. The molecule has 2 rings (SSSR count). The summed E-state index contributed by atoms with van der Waals surface area (Å²) in [7, 11) is 1.40. The van der Waals surface area contributed by atoms with E-state index in [1.807, 2.05) is 4.90 Å². The quantitative estimate of drug-likeness (QED) is 0.666. The second kappa shape index (κ2) is 6.86. The summed E-state index contributed by atoms with van der Waals surface area (Å²) < 4.78 is 10.0. The van der Waals surface area contributed by atoms with Crippen LogP contribution in [-0.2, 0) is 19.1 Å². The first-order valence-electron chi connectivity index (χ1n) is 6.90. The lowest BCUT2D eigenvalue weighted by molar-refractivity contribution is -0.144. The van der Waals surface area contributed by atoms with Crippen molar-refractivity contribution < 1.29 is 19.1 Å². The van der Waals surface area contributed by atoms with Crippen LogP contribution >= 0.6 is 0 Å². The molecule has 6 nitrogen and oxygen atoms in total. The highest BCUT2D eigenvalue weighted by Gasteiger charge is 2.30. The highest BCUT2D eigenvalue weighted by Crippen LogP contribution is 2.16. The molecule has 0 spiro atoms. The number of esters is 1. The molecule has 0 aromatic rings. The summed E-state index contributed by atoms with van der Waals surface area (Å²) in [6.07, 6.45) is 2.02. The molecule has 2 aliphatic rings. The third kappa shape index (κ3) is 3.91. The first-order valence-corrected chi connectivity index (χ1v) is 6.90. The van der Waals surface area contributed by atoms with E-state index in [2.05, 4.69) is 9.64 Å². The Hall–Kier alpha value is -1.14. The molecule has 0 saturated carbocycles. The molecule has 0 unspecified atom stereocenters. The summed E-state index contributed by atoms with van der Waals surface area (Å²) in [6, 6.07) is 0. The molecule has 1 atom stereocenters. The van der Waals surface area contributed by atoms with Crippen molar-refractivity contribution in [3.8, 4) is 0 Å². The Labute approximate surface area is 113 Å². The Bertz CT molecular complexity index is 321. The summed E-state index contributed by atoms with van der Waals surface area (Å²) in [4.78, 5) is 27.3. The van der Waals surface area contributed by atoms with Crippen LogP contribution in [0.25, 0.3) is 0 Å². The van der Waals surface area contributed by atoms with Crippen LogP contribution in [0.1, 0.15) is 19.3 Å². The van der Waals surface area contributed by atoms with Gasteiger partial charge in [0, 0.05) is 39.3 Å². The number of methoxy groups -OCH3 is 1. The number of carbonyl (C=O) groups excluding carboxylic acids is 2. The van der Waals surface area contributed by atoms with E-state index in [0.717, 1.165) is 39.0 Å². The van der Waals surface area contributed by atoms with E-state index in [1.54, 1.807) is 0 Å². The molecule has 2 heterocycles. The van der Waals surface area contributed by atoms with Gasteiger partial charge in [0.15, 0.2) is 0 Å². The topological polar surface area (TPSA) is 59.1 Å². The SMILES string of the molecule is COC(=O)CCN1CCN(C(=O)[C@@H]2CCCO2)CC1. The maximum atomic E-state index is 12.1. The van der Waals surface area contributed by atoms with Crippen LogP contribution in [0.4, 0.5) is 0 Å². The minimum atomic E-state index is -0.221. The fraction of sp³-hybridized carbons (Fsp3) is 0.846. The molecule has 1 amide bonds. The molecule has 6 heteroatoms. The number of piperazine rings is 1. The number of hydrogen-bond donors (Lipinski definition) is 0. The number of rotatable bonds is 4. The first-order chi connectivity index (χ1) is 9.20. The van der Waals surface area contributed by atoms with Crippen LogP contribution in [0, 0.1) is 0 Å². The van der Waals surface area contributed by atoms with Crippen LogP contribution < -0.4 is 0 Å². The Morgan fingerprint density at radius 2 is 2.00 bits per heavy atom. The number of nitrogens with zero attached hydrogens (tertiary/aromatic N) is 2. The lowest BCUT2D eigenvalue weighted by Gasteiger charge is -2.35. The molecule has 0 aliphatic carbocycles. The number of hydrogen-bond acceptors (Lipinski definition) is 5. The van der Waals surface area contributed by atoms with Crippen molar-refractivity contribution in [2.24, 2.45) is 0 Å². The van der Waals surface area contributed by atoms with Gasteiger partial charge in [0.2, 0.25) is 0 Å². The fourth-order valence-electron chi connectivity index (χ4n) is 2.52. The first kappa shape index (κ1) is 14.3. The van der Waals surface area contributed by atoms with Gasteiger partial charge in [-0.05, 0) is 12.8 Å². The molecule has 2 fully saturated rings. The van der Waals surface area contributed by atoms with Crippen LogP contribution in [0.2, 0.25) is 0 Å². The van der Waals surface area contributed by atoms with Gasteiger partial charge in [-0.3, -0.25) is 14.5 Å². The van der Waals surface area contributed by atoms with Gasteiger partial charge in [-0.15, -0.1) is 0 Å². The summed E-state index contributed by atoms with van der Waals surface area (Å²) in [5.41, 5.74) is 0. The van der Waals surface area contributed by atoms with Crippen molar-refractivity contribution in [3.05, 3.63) is 0 Å². The van der Waals surface area contributed by atoms with Gasteiger partial charge in [0.1, 0.15) is 6.10 Å². The third-order valence-electron chi connectivity index (χ3n) is 3.75. The van der Waals surface area contributed by atoms with E-state index in [-0.39, 0.29) is 18.0 Å². The van der Waals surface area contributed by atoms with E-state index in [4.69, 9.17) is 4.74 Å². The standard InChI is InChI=1S/C13H22N2O4/c1-18-12(16)4-5-14-6-8-15(9-7-14)13(17)11-3-2-10-19-11/h11H,2-10H2,1H3/t11-/m0/s1. The van der Waals surface area contributed by atoms with Gasteiger partial charge in [-0.1, -0.05) is 0 Å². The molecular weight excluding hydrogens is 248 g/mol. The lowest BCUT2D eigenvalue weighted by atomic mass is 10.2. The summed E-state index contributed by atoms with van der Waals surface area (Å²) >= 11 is 0. The smallest absolute Gasteiger partial charge is 0.306 e. The van der Waals surface area contributed by atoms with Gasteiger partial charge >= 0.3 is 5.97 Å². The average Bonchev–Trinajstić information content (AvgIpc) is 2.98. The maximum absolute atomic E-state index is 12.1. The molecule has 2 saturated heterocycles. The predicted octanol–water partition coefficient (Wildman–Crippen LogP) is -0.127. The Morgan fingerprint density at radius 1 is 1.26 bits per heavy atom. The van der Waals surface area contributed by atoms with Gasteiger partial charge in [0.05, 0.1) is 13.5 Å². The Morgan fingerprint density at radius 3 is 2.58 bits per heavy atom. The lowest BCUT2D eigenvalue weighted by Crippen LogP contribution is -2.51. The van der Waals surface area contributed by atoms with Gasteiger partial charge in [-0.25, -0.2) is 0 Å². The summed E-state index contributed by atoms with van der Waals surface area (Å²) in [6.45, 7) is 4.48. The average molecular weight is 270 g/mol. The van der Waals surface area contributed by atoms with E-state index in [1.165, 1.54) is 7.11 Å². The largest absolute Gasteiger partial charge is 0.469 e. The molecule has 0 radical (unpaired) electrons. The van der Waals surface area contributed by atoms with E-state index < -0.39 is 0 Å².